The summed E-state index contributed by atoms with van der Waals surface area (Å²) in [4.78, 5) is 20.1. The summed E-state index contributed by atoms with van der Waals surface area (Å²) in [7, 11) is 0. The Morgan fingerprint density at radius 3 is 2.30 bits per heavy atom. The fourth-order valence-electron chi connectivity index (χ4n) is 2.42. The first kappa shape index (κ1) is 15.1. The maximum Gasteiger partial charge on any atom is 0.180 e. The van der Waals surface area contributed by atoms with Crippen LogP contribution in [-0.4, -0.2) is 33.0 Å². The predicted molar refractivity (Wildman–Crippen MR) is 92.1 cm³/mol. The van der Waals surface area contributed by atoms with Crippen LogP contribution >= 0.6 is 0 Å². The summed E-state index contributed by atoms with van der Waals surface area (Å²) in [5, 5.41) is 0. The van der Waals surface area contributed by atoms with Gasteiger partial charge in [-0.1, -0.05) is 6.07 Å². The molecule has 0 saturated carbocycles. The average Bonchev–Trinajstić information content (AvgIpc) is 2.64. The molecule has 0 aliphatic carbocycles. The van der Waals surface area contributed by atoms with Gasteiger partial charge in [0.05, 0.1) is 5.69 Å². The lowest BCUT2D eigenvalue weighted by Crippen LogP contribution is -2.23. The third-order valence-corrected chi connectivity index (χ3v) is 3.67. The van der Waals surface area contributed by atoms with Gasteiger partial charge in [-0.3, -0.25) is 9.97 Å². The molecule has 5 heteroatoms. The molecule has 0 spiro atoms. The standard InChI is InChI=1S/C18H19N5/c1-3-23(4-2)17-13-16(14-8-11-19-12-9-14)21-18(22-17)15-7-5-6-10-20-15/h5-13H,3-4H2,1-2H3. The molecule has 0 radical (unpaired) electrons. The molecule has 0 aliphatic heterocycles. The molecule has 3 rings (SSSR count). The van der Waals surface area contributed by atoms with Crippen LogP contribution in [0.2, 0.25) is 0 Å². The Bertz CT molecular complexity index is 697. The number of anilines is 1. The Labute approximate surface area is 136 Å². The second-order valence-corrected chi connectivity index (χ2v) is 5.06. The second kappa shape index (κ2) is 6.96. The van der Waals surface area contributed by atoms with Crippen molar-refractivity contribution in [2.45, 2.75) is 13.8 Å². The van der Waals surface area contributed by atoms with E-state index in [1.807, 2.05) is 36.4 Å². The normalized spacial score (nSPS) is 10.5. The lowest BCUT2D eigenvalue weighted by atomic mass is 10.2. The van der Waals surface area contributed by atoms with Gasteiger partial charge in [-0.25, -0.2) is 9.97 Å². The maximum absolute atomic E-state index is 4.71. The molecule has 116 valence electrons. The van der Waals surface area contributed by atoms with E-state index in [1.165, 1.54) is 0 Å². The molecule has 3 heterocycles. The van der Waals surface area contributed by atoms with Gasteiger partial charge in [0.25, 0.3) is 0 Å². The molecule has 3 aromatic heterocycles. The zero-order valence-corrected chi connectivity index (χ0v) is 13.3. The Balaban J connectivity index is 2.15. The highest BCUT2D eigenvalue weighted by atomic mass is 15.2. The first-order chi connectivity index (χ1) is 11.3. The number of nitrogens with zero attached hydrogens (tertiary/aromatic N) is 5. The summed E-state index contributed by atoms with van der Waals surface area (Å²) >= 11 is 0. The number of hydrogen-bond donors (Lipinski definition) is 0. The van der Waals surface area contributed by atoms with Crippen molar-refractivity contribution in [3.05, 3.63) is 55.0 Å². The molecular formula is C18H19N5. The van der Waals surface area contributed by atoms with Crippen molar-refractivity contribution in [2.75, 3.05) is 18.0 Å². The molecule has 0 unspecified atom stereocenters. The van der Waals surface area contributed by atoms with E-state index in [0.717, 1.165) is 35.9 Å². The van der Waals surface area contributed by atoms with Crippen LogP contribution in [0, 0.1) is 0 Å². The first-order valence-corrected chi connectivity index (χ1v) is 7.77. The molecule has 0 bridgehead atoms. The fraction of sp³-hybridized carbons (Fsp3) is 0.222. The van der Waals surface area contributed by atoms with E-state index in [1.54, 1.807) is 18.6 Å². The van der Waals surface area contributed by atoms with Crippen molar-refractivity contribution in [2.24, 2.45) is 0 Å². The Hall–Kier alpha value is -2.82. The minimum absolute atomic E-state index is 0.641. The minimum Gasteiger partial charge on any atom is -0.357 e. The van der Waals surface area contributed by atoms with Gasteiger partial charge in [0.1, 0.15) is 11.5 Å². The lowest BCUT2D eigenvalue weighted by Gasteiger charge is -2.21. The van der Waals surface area contributed by atoms with Gasteiger partial charge >= 0.3 is 0 Å². The highest BCUT2D eigenvalue weighted by Gasteiger charge is 2.12. The SMILES string of the molecule is CCN(CC)c1cc(-c2ccncc2)nc(-c2ccccn2)n1. The van der Waals surface area contributed by atoms with Gasteiger partial charge in [-0.05, 0) is 38.1 Å². The zero-order chi connectivity index (χ0) is 16.1. The van der Waals surface area contributed by atoms with Crippen LogP contribution in [0.15, 0.2) is 55.0 Å². The van der Waals surface area contributed by atoms with E-state index in [2.05, 4.69) is 28.7 Å². The topological polar surface area (TPSA) is 54.8 Å². The van der Waals surface area contributed by atoms with Crippen molar-refractivity contribution in [3.63, 3.8) is 0 Å². The van der Waals surface area contributed by atoms with E-state index >= 15 is 0 Å². The summed E-state index contributed by atoms with van der Waals surface area (Å²) in [6, 6.07) is 11.7. The first-order valence-electron chi connectivity index (χ1n) is 7.77. The van der Waals surface area contributed by atoms with E-state index in [9.17, 15) is 0 Å². The summed E-state index contributed by atoms with van der Waals surface area (Å²) in [5.74, 6) is 1.55. The molecule has 0 N–H and O–H groups in total. The Morgan fingerprint density at radius 2 is 1.65 bits per heavy atom. The van der Waals surface area contributed by atoms with Crippen LogP contribution < -0.4 is 4.90 Å². The molecule has 3 aromatic rings. The third kappa shape index (κ3) is 3.34. The zero-order valence-electron chi connectivity index (χ0n) is 13.3. The molecule has 0 atom stereocenters. The van der Waals surface area contributed by atoms with E-state index in [0.29, 0.717) is 5.82 Å². The van der Waals surface area contributed by atoms with Crippen LogP contribution in [0.1, 0.15) is 13.8 Å². The molecular weight excluding hydrogens is 286 g/mol. The molecule has 0 aromatic carbocycles. The monoisotopic (exact) mass is 305 g/mol. The van der Waals surface area contributed by atoms with Crippen molar-refractivity contribution < 1.29 is 0 Å². The van der Waals surface area contributed by atoms with Crippen molar-refractivity contribution in [1.29, 1.82) is 0 Å². The van der Waals surface area contributed by atoms with Crippen molar-refractivity contribution in [3.8, 4) is 22.8 Å². The van der Waals surface area contributed by atoms with Gasteiger partial charge in [-0.15, -0.1) is 0 Å². The summed E-state index contributed by atoms with van der Waals surface area (Å²) < 4.78 is 0. The van der Waals surface area contributed by atoms with Gasteiger partial charge in [-0.2, -0.15) is 0 Å². The summed E-state index contributed by atoms with van der Waals surface area (Å²) in [6.45, 7) is 6.03. The second-order valence-electron chi connectivity index (χ2n) is 5.06. The molecule has 0 saturated heterocycles. The highest BCUT2D eigenvalue weighted by molar-refractivity contribution is 5.66. The van der Waals surface area contributed by atoms with E-state index < -0.39 is 0 Å². The predicted octanol–water partition coefficient (Wildman–Crippen LogP) is 3.45. The molecule has 0 amide bonds. The third-order valence-electron chi connectivity index (χ3n) is 3.67. The van der Waals surface area contributed by atoms with Crippen LogP contribution in [0.3, 0.4) is 0 Å². The smallest absolute Gasteiger partial charge is 0.180 e. The molecule has 5 nitrogen and oxygen atoms in total. The van der Waals surface area contributed by atoms with Crippen LogP contribution in [0.4, 0.5) is 5.82 Å². The number of aromatic nitrogens is 4. The minimum atomic E-state index is 0.641. The molecule has 0 aliphatic rings. The van der Waals surface area contributed by atoms with Gasteiger partial charge in [0.15, 0.2) is 5.82 Å². The van der Waals surface area contributed by atoms with Crippen LogP contribution in [-0.2, 0) is 0 Å². The molecule has 0 fully saturated rings. The maximum atomic E-state index is 4.71. The van der Waals surface area contributed by atoms with E-state index in [4.69, 9.17) is 9.97 Å². The van der Waals surface area contributed by atoms with Gasteiger partial charge in [0.2, 0.25) is 0 Å². The van der Waals surface area contributed by atoms with E-state index in [-0.39, 0.29) is 0 Å². The molecule has 23 heavy (non-hydrogen) atoms. The fourth-order valence-corrected chi connectivity index (χ4v) is 2.42. The summed E-state index contributed by atoms with van der Waals surface area (Å²) in [6.07, 6.45) is 5.30. The van der Waals surface area contributed by atoms with Crippen LogP contribution in [0.5, 0.6) is 0 Å². The quantitative estimate of drug-likeness (QED) is 0.722. The number of hydrogen-bond acceptors (Lipinski definition) is 5. The van der Waals surface area contributed by atoms with Crippen molar-refractivity contribution >= 4 is 5.82 Å². The number of rotatable bonds is 5. The Kier molecular flexibility index (Phi) is 4.57. The largest absolute Gasteiger partial charge is 0.357 e. The van der Waals surface area contributed by atoms with Gasteiger partial charge in [0, 0.05) is 43.3 Å². The summed E-state index contributed by atoms with van der Waals surface area (Å²) in [5.41, 5.74) is 2.68. The van der Waals surface area contributed by atoms with Crippen molar-refractivity contribution in [1.82, 2.24) is 19.9 Å². The van der Waals surface area contributed by atoms with Gasteiger partial charge < -0.3 is 4.90 Å². The Morgan fingerprint density at radius 1 is 0.870 bits per heavy atom. The highest BCUT2D eigenvalue weighted by Crippen LogP contribution is 2.24. The number of pyridine rings is 2. The average molecular weight is 305 g/mol. The van der Waals surface area contributed by atoms with Crippen LogP contribution in [0.25, 0.3) is 22.8 Å². The lowest BCUT2D eigenvalue weighted by molar-refractivity contribution is 0.843.